The van der Waals surface area contributed by atoms with Crippen LogP contribution >= 0.6 is 0 Å². The molecule has 28 heavy (non-hydrogen) atoms. The summed E-state index contributed by atoms with van der Waals surface area (Å²) in [4.78, 5) is 2.47. The van der Waals surface area contributed by atoms with Gasteiger partial charge in [0.05, 0.1) is 13.2 Å². The van der Waals surface area contributed by atoms with Crippen LogP contribution in [-0.4, -0.2) is 42.9 Å². The Labute approximate surface area is 169 Å². The van der Waals surface area contributed by atoms with Gasteiger partial charge in [-0.1, -0.05) is 79.9 Å². The van der Waals surface area contributed by atoms with Crippen LogP contribution in [0.25, 0.3) is 0 Å². The van der Waals surface area contributed by atoms with Crippen LogP contribution in [0.15, 0.2) is 60.7 Å². The normalized spacial score (nSPS) is 22.5. The fourth-order valence-electron chi connectivity index (χ4n) is 5.20. The minimum absolute atomic E-state index is 0.0531. The molecule has 0 radical (unpaired) electrons. The third-order valence-electron chi connectivity index (χ3n) is 6.74. The van der Waals surface area contributed by atoms with Crippen molar-refractivity contribution in [1.82, 2.24) is 4.90 Å². The highest BCUT2D eigenvalue weighted by Gasteiger charge is 2.46. The molecular weight excluding hydrogens is 346 g/mol. The molecule has 0 aromatic heterocycles. The zero-order valence-electron chi connectivity index (χ0n) is 16.8. The Balaban J connectivity index is 1.75. The van der Waals surface area contributed by atoms with Gasteiger partial charge in [0.2, 0.25) is 0 Å². The summed E-state index contributed by atoms with van der Waals surface area (Å²) in [5.74, 6) is 0.354. The quantitative estimate of drug-likeness (QED) is 0.798. The van der Waals surface area contributed by atoms with E-state index in [1.807, 2.05) is 6.07 Å². The highest BCUT2D eigenvalue weighted by atomic mass is 16.5. The fourth-order valence-corrected chi connectivity index (χ4v) is 5.20. The van der Waals surface area contributed by atoms with E-state index in [1.165, 1.54) is 24.8 Å². The summed E-state index contributed by atoms with van der Waals surface area (Å²) >= 11 is 0. The molecule has 3 heteroatoms. The topological polar surface area (TPSA) is 32.7 Å². The van der Waals surface area contributed by atoms with Crippen LogP contribution in [0.5, 0.6) is 0 Å². The first kappa shape index (κ1) is 19.6. The van der Waals surface area contributed by atoms with Crippen LogP contribution in [0.2, 0.25) is 0 Å². The molecule has 2 atom stereocenters. The van der Waals surface area contributed by atoms with Gasteiger partial charge in [0, 0.05) is 25.6 Å². The van der Waals surface area contributed by atoms with Gasteiger partial charge in [-0.25, -0.2) is 0 Å². The van der Waals surface area contributed by atoms with Crippen molar-refractivity contribution in [3.63, 3.8) is 0 Å². The smallest absolute Gasteiger partial charge is 0.100 e. The highest BCUT2D eigenvalue weighted by Crippen LogP contribution is 2.48. The van der Waals surface area contributed by atoms with Crippen molar-refractivity contribution in [2.75, 3.05) is 32.8 Å². The summed E-state index contributed by atoms with van der Waals surface area (Å²) < 4.78 is 5.57. The van der Waals surface area contributed by atoms with Crippen LogP contribution in [0.4, 0.5) is 0 Å². The largest absolute Gasteiger partial charge is 0.384 e. The maximum absolute atomic E-state index is 12.5. The van der Waals surface area contributed by atoms with Gasteiger partial charge in [-0.15, -0.1) is 0 Å². The van der Waals surface area contributed by atoms with E-state index in [-0.39, 0.29) is 5.92 Å². The van der Waals surface area contributed by atoms with E-state index < -0.39 is 5.60 Å². The van der Waals surface area contributed by atoms with Crippen molar-refractivity contribution in [3.05, 3.63) is 71.8 Å². The van der Waals surface area contributed by atoms with Crippen LogP contribution < -0.4 is 0 Å². The molecule has 0 spiro atoms. The van der Waals surface area contributed by atoms with Crippen LogP contribution in [-0.2, 0) is 10.3 Å². The molecule has 1 N–H and O–H groups in total. The van der Waals surface area contributed by atoms with Crippen molar-refractivity contribution in [2.24, 2.45) is 5.92 Å². The summed E-state index contributed by atoms with van der Waals surface area (Å²) in [5.41, 5.74) is 1.47. The maximum atomic E-state index is 12.5. The molecule has 2 aromatic rings. The van der Waals surface area contributed by atoms with E-state index >= 15 is 0 Å². The Hall–Kier alpha value is -1.68. The number of nitrogens with zero attached hydrogens (tertiary/aromatic N) is 1. The van der Waals surface area contributed by atoms with Crippen LogP contribution in [0, 0.1) is 5.92 Å². The Morgan fingerprint density at radius 3 is 2.14 bits per heavy atom. The molecule has 3 nitrogen and oxygen atoms in total. The number of aliphatic hydroxyl groups is 1. The monoisotopic (exact) mass is 379 g/mol. The number of morpholine rings is 1. The summed E-state index contributed by atoms with van der Waals surface area (Å²) in [7, 11) is 0. The lowest BCUT2D eigenvalue weighted by atomic mass is 9.65. The van der Waals surface area contributed by atoms with Crippen molar-refractivity contribution in [2.45, 2.75) is 43.6 Å². The SMILES string of the molecule is O[C@](c1ccccc1)(C1CCCCC1)[C@@H](CN1CCOCC1)c1ccccc1. The Morgan fingerprint density at radius 2 is 1.50 bits per heavy atom. The molecule has 2 aliphatic rings. The fraction of sp³-hybridized carbons (Fsp3) is 0.520. The molecule has 150 valence electrons. The number of rotatable bonds is 6. The van der Waals surface area contributed by atoms with Gasteiger partial charge in [-0.2, -0.15) is 0 Å². The molecular formula is C25H33NO2. The molecule has 1 saturated carbocycles. The lowest BCUT2D eigenvalue weighted by Gasteiger charge is -2.46. The molecule has 1 saturated heterocycles. The molecule has 1 aliphatic heterocycles. The van der Waals surface area contributed by atoms with Gasteiger partial charge in [0.15, 0.2) is 0 Å². The molecule has 4 rings (SSSR count). The van der Waals surface area contributed by atoms with Crippen LogP contribution in [0.3, 0.4) is 0 Å². The second-order valence-corrected chi connectivity index (χ2v) is 8.40. The van der Waals surface area contributed by atoms with Gasteiger partial charge in [-0.3, -0.25) is 4.90 Å². The van der Waals surface area contributed by atoms with E-state index in [4.69, 9.17) is 4.74 Å². The summed E-state index contributed by atoms with van der Waals surface area (Å²) in [6.07, 6.45) is 5.95. The highest BCUT2D eigenvalue weighted by molar-refractivity contribution is 5.33. The second-order valence-electron chi connectivity index (χ2n) is 8.40. The second kappa shape index (κ2) is 9.21. The lowest BCUT2D eigenvalue weighted by molar-refractivity contribution is -0.0758. The standard InChI is InChI=1S/C25H33NO2/c27-25(22-12-6-2-7-13-22,23-14-8-3-9-15-23)24(21-10-4-1-5-11-21)20-26-16-18-28-19-17-26/h1-2,4-7,10-13,23-24,27H,3,8-9,14-20H2/t24-,25+/m0/s1. The summed E-state index contributed by atoms with van der Waals surface area (Å²) in [5, 5.41) is 12.5. The van der Waals surface area contributed by atoms with Gasteiger partial charge in [0.25, 0.3) is 0 Å². The zero-order chi connectivity index (χ0) is 19.2. The molecule has 0 amide bonds. The summed E-state index contributed by atoms with van der Waals surface area (Å²) in [6, 6.07) is 21.1. The maximum Gasteiger partial charge on any atom is 0.100 e. The van der Waals surface area contributed by atoms with Gasteiger partial charge >= 0.3 is 0 Å². The van der Waals surface area contributed by atoms with E-state index in [9.17, 15) is 5.11 Å². The van der Waals surface area contributed by atoms with Crippen molar-refractivity contribution >= 4 is 0 Å². The van der Waals surface area contributed by atoms with Gasteiger partial charge in [-0.05, 0) is 29.9 Å². The van der Waals surface area contributed by atoms with Crippen LogP contribution in [0.1, 0.15) is 49.1 Å². The first-order valence-electron chi connectivity index (χ1n) is 10.9. The van der Waals surface area contributed by atoms with E-state index in [0.717, 1.165) is 51.3 Å². The van der Waals surface area contributed by atoms with Gasteiger partial charge < -0.3 is 9.84 Å². The predicted molar refractivity (Wildman–Crippen MR) is 113 cm³/mol. The average molecular weight is 380 g/mol. The minimum Gasteiger partial charge on any atom is -0.384 e. The Kier molecular flexibility index (Phi) is 6.46. The third-order valence-corrected chi connectivity index (χ3v) is 6.74. The first-order valence-corrected chi connectivity index (χ1v) is 10.9. The Bertz CT molecular complexity index is 708. The molecule has 2 fully saturated rings. The lowest BCUT2D eigenvalue weighted by Crippen LogP contribution is -2.48. The predicted octanol–water partition coefficient (Wildman–Crippen LogP) is 4.57. The average Bonchev–Trinajstić information content (AvgIpc) is 2.79. The van der Waals surface area contributed by atoms with Gasteiger partial charge in [0.1, 0.15) is 5.60 Å². The number of hydrogen-bond donors (Lipinski definition) is 1. The first-order chi connectivity index (χ1) is 13.8. The molecule has 1 aliphatic carbocycles. The Morgan fingerprint density at radius 1 is 0.893 bits per heavy atom. The van der Waals surface area contributed by atoms with Crippen molar-refractivity contribution in [3.8, 4) is 0 Å². The summed E-state index contributed by atoms with van der Waals surface area (Å²) in [6.45, 7) is 4.33. The zero-order valence-corrected chi connectivity index (χ0v) is 16.8. The van der Waals surface area contributed by atoms with Crippen molar-refractivity contribution in [1.29, 1.82) is 0 Å². The molecule has 1 heterocycles. The van der Waals surface area contributed by atoms with Crippen molar-refractivity contribution < 1.29 is 9.84 Å². The van der Waals surface area contributed by atoms with E-state index in [2.05, 4.69) is 59.5 Å². The third kappa shape index (κ3) is 4.17. The minimum atomic E-state index is -0.846. The number of hydrogen-bond acceptors (Lipinski definition) is 3. The molecule has 0 unspecified atom stereocenters. The van der Waals surface area contributed by atoms with E-state index in [0.29, 0.717) is 5.92 Å². The number of benzene rings is 2. The molecule has 0 bridgehead atoms. The number of ether oxygens (including phenoxy) is 1. The van der Waals surface area contributed by atoms with E-state index in [1.54, 1.807) is 0 Å². The molecule has 2 aromatic carbocycles.